The summed E-state index contributed by atoms with van der Waals surface area (Å²) in [5.41, 5.74) is -0.398. The summed E-state index contributed by atoms with van der Waals surface area (Å²) in [7, 11) is 1.84. The highest BCUT2D eigenvalue weighted by Crippen LogP contribution is 2.30. The van der Waals surface area contributed by atoms with Gasteiger partial charge < -0.3 is 14.8 Å². The zero-order valence-electron chi connectivity index (χ0n) is 11.3. The molecule has 0 amide bonds. The first-order valence-electron chi connectivity index (χ1n) is 6.68. The lowest BCUT2D eigenvalue weighted by Gasteiger charge is -2.19. The van der Waals surface area contributed by atoms with Gasteiger partial charge >= 0.3 is 0 Å². The highest BCUT2D eigenvalue weighted by Gasteiger charge is 2.38. The van der Waals surface area contributed by atoms with Gasteiger partial charge in [-0.15, -0.1) is 0 Å². The number of nitriles is 1. The number of nitrogens with zero attached hydrogens (tertiary/aromatic N) is 1. The van der Waals surface area contributed by atoms with Crippen molar-refractivity contribution in [2.75, 3.05) is 20.3 Å². The number of benzene rings is 1. The number of rotatable bonds is 6. The Hall–Kier alpha value is -1.57. The molecular formula is C15H20N2O2. The molecule has 0 saturated heterocycles. The fourth-order valence-electron chi connectivity index (χ4n) is 2.42. The molecule has 0 bridgehead atoms. The van der Waals surface area contributed by atoms with Gasteiger partial charge in [0.2, 0.25) is 0 Å². The molecule has 4 nitrogen and oxygen atoms in total. The molecule has 0 heterocycles. The van der Waals surface area contributed by atoms with Crippen LogP contribution in [0.25, 0.3) is 0 Å². The molecule has 0 radical (unpaired) electrons. The maximum absolute atomic E-state index is 9.16. The lowest BCUT2D eigenvalue weighted by molar-refractivity contribution is 0.0354. The van der Waals surface area contributed by atoms with E-state index in [1.165, 1.54) is 0 Å². The molecule has 1 N–H and O–H groups in total. The first kappa shape index (κ1) is 13.9. The normalized spacial score (nSPS) is 26.0. The van der Waals surface area contributed by atoms with Gasteiger partial charge in [-0.25, -0.2) is 0 Å². The Morgan fingerprint density at radius 1 is 1.37 bits per heavy atom. The average molecular weight is 260 g/mol. The minimum Gasteiger partial charge on any atom is -0.491 e. The Kier molecular flexibility index (Phi) is 4.78. The van der Waals surface area contributed by atoms with Crippen LogP contribution in [0.1, 0.15) is 19.3 Å². The second kappa shape index (κ2) is 6.55. The number of hydrogen-bond acceptors (Lipinski definition) is 4. The molecule has 1 fully saturated rings. The van der Waals surface area contributed by atoms with Gasteiger partial charge in [-0.1, -0.05) is 18.2 Å². The summed E-state index contributed by atoms with van der Waals surface area (Å²) >= 11 is 0. The van der Waals surface area contributed by atoms with Crippen molar-refractivity contribution in [2.24, 2.45) is 0 Å². The summed E-state index contributed by atoms with van der Waals surface area (Å²) in [6.45, 7) is 1.10. The second-order valence-electron chi connectivity index (χ2n) is 4.84. The van der Waals surface area contributed by atoms with E-state index in [-0.39, 0.29) is 6.10 Å². The molecule has 2 unspecified atom stereocenters. The van der Waals surface area contributed by atoms with E-state index in [0.29, 0.717) is 13.2 Å². The smallest absolute Gasteiger partial charge is 0.119 e. The first-order chi connectivity index (χ1) is 9.28. The highest BCUT2D eigenvalue weighted by atomic mass is 16.5. The van der Waals surface area contributed by atoms with Crippen LogP contribution in [0.4, 0.5) is 0 Å². The van der Waals surface area contributed by atoms with Crippen LogP contribution in [0.5, 0.6) is 5.75 Å². The number of hydrogen-bond donors (Lipinski definition) is 1. The zero-order valence-corrected chi connectivity index (χ0v) is 11.3. The van der Waals surface area contributed by atoms with Gasteiger partial charge in [-0.3, -0.25) is 0 Å². The lowest BCUT2D eigenvalue weighted by atomic mass is 10.0. The van der Waals surface area contributed by atoms with Crippen molar-refractivity contribution in [1.29, 1.82) is 5.26 Å². The van der Waals surface area contributed by atoms with E-state index in [0.717, 1.165) is 25.0 Å². The van der Waals surface area contributed by atoms with Crippen LogP contribution in [0, 0.1) is 11.3 Å². The van der Waals surface area contributed by atoms with Crippen LogP contribution in [-0.4, -0.2) is 31.9 Å². The van der Waals surface area contributed by atoms with Crippen molar-refractivity contribution >= 4 is 0 Å². The standard InChI is InChI=1S/C15H20N2O2/c1-17-15(12-16)8-7-14(11-15)19-10-9-18-13-5-3-2-4-6-13/h2-6,14,17H,7-11H2,1H3. The van der Waals surface area contributed by atoms with Gasteiger partial charge in [0.25, 0.3) is 0 Å². The molecule has 0 spiro atoms. The van der Waals surface area contributed by atoms with Gasteiger partial charge in [0.05, 0.1) is 18.8 Å². The van der Waals surface area contributed by atoms with Gasteiger partial charge in [-0.05, 0) is 32.0 Å². The van der Waals surface area contributed by atoms with E-state index >= 15 is 0 Å². The maximum atomic E-state index is 9.16. The van der Waals surface area contributed by atoms with E-state index < -0.39 is 5.54 Å². The summed E-state index contributed by atoms with van der Waals surface area (Å²) in [5, 5.41) is 12.3. The van der Waals surface area contributed by atoms with E-state index in [1.54, 1.807) is 0 Å². The summed E-state index contributed by atoms with van der Waals surface area (Å²) in [5.74, 6) is 0.860. The van der Waals surface area contributed by atoms with Crippen LogP contribution in [0.3, 0.4) is 0 Å². The van der Waals surface area contributed by atoms with Gasteiger partial charge in [0.15, 0.2) is 0 Å². The lowest BCUT2D eigenvalue weighted by Crippen LogP contribution is -2.39. The minimum absolute atomic E-state index is 0.159. The SMILES string of the molecule is CNC1(C#N)CCC(OCCOc2ccccc2)C1. The monoisotopic (exact) mass is 260 g/mol. The molecular weight excluding hydrogens is 240 g/mol. The Morgan fingerprint density at radius 3 is 2.79 bits per heavy atom. The second-order valence-corrected chi connectivity index (χ2v) is 4.84. The molecule has 19 heavy (non-hydrogen) atoms. The molecule has 1 saturated carbocycles. The predicted octanol–water partition coefficient (Wildman–Crippen LogP) is 2.12. The highest BCUT2D eigenvalue weighted by molar-refractivity contribution is 5.20. The van der Waals surface area contributed by atoms with Crippen molar-refractivity contribution in [3.8, 4) is 11.8 Å². The van der Waals surface area contributed by atoms with Crippen molar-refractivity contribution in [2.45, 2.75) is 30.9 Å². The van der Waals surface area contributed by atoms with Crippen molar-refractivity contribution in [3.05, 3.63) is 30.3 Å². The van der Waals surface area contributed by atoms with E-state index in [4.69, 9.17) is 14.7 Å². The topological polar surface area (TPSA) is 54.3 Å². The molecule has 102 valence electrons. The fraction of sp³-hybridized carbons (Fsp3) is 0.533. The van der Waals surface area contributed by atoms with Crippen LogP contribution in [-0.2, 0) is 4.74 Å². The Labute approximate surface area is 114 Å². The largest absolute Gasteiger partial charge is 0.491 e. The van der Waals surface area contributed by atoms with Gasteiger partial charge in [-0.2, -0.15) is 5.26 Å². The molecule has 1 aromatic rings. The third kappa shape index (κ3) is 3.69. The van der Waals surface area contributed by atoms with E-state index in [1.807, 2.05) is 37.4 Å². The molecule has 1 aliphatic carbocycles. The number of nitrogens with one attached hydrogen (secondary N) is 1. The van der Waals surface area contributed by atoms with Gasteiger partial charge in [0, 0.05) is 6.42 Å². The van der Waals surface area contributed by atoms with Gasteiger partial charge in [0.1, 0.15) is 17.9 Å². The van der Waals surface area contributed by atoms with Crippen LogP contribution < -0.4 is 10.1 Å². The molecule has 1 aromatic carbocycles. The van der Waals surface area contributed by atoms with Crippen LogP contribution in [0.2, 0.25) is 0 Å². The predicted molar refractivity (Wildman–Crippen MR) is 72.9 cm³/mol. The Bertz CT molecular complexity index is 430. The minimum atomic E-state index is -0.398. The fourth-order valence-corrected chi connectivity index (χ4v) is 2.42. The number of para-hydroxylation sites is 1. The molecule has 0 aromatic heterocycles. The van der Waals surface area contributed by atoms with Crippen LogP contribution >= 0.6 is 0 Å². The Balaban J connectivity index is 1.66. The van der Waals surface area contributed by atoms with Crippen LogP contribution in [0.15, 0.2) is 30.3 Å². The molecule has 2 rings (SSSR count). The molecule has 2 atom stereocenters. The molecule has 4 heteroatoms. The summed E-state index contributed by atoms with van der Waals surface area (Å²) in [6, 6.07) is 12.1. The average Bonchev–Trinajstić information content (AvgIpc) is 2.89. The van der Waals surface area contributed by atoms with E-state index in [2.05, 4.69) is 11.4 Å². The summed E-state index contributed by atoms with van der Waals surface area (Å²) < 4.78 is 11.3. The van der Waals surface area contributed by atoms with Crippen molar-refractivity contribution in [3.63, 3.8) is 0 Å². The number of ether oxygens (including phenoxy) is 2. The van der Waals surface area contributed by atoms with E-state index in [9.17, 15) is 0 Å². The third-order valence-corrected chi connectivity index (χ3v) is 3.61. The molecule has 0 aliphatic heterocycles. The maximum Gasteiger partial charge on any atom is 0.119 e. The third-order valence-electron chi connectivity index (χ3n) is 3.61. The zero-order chi connectivity index (χ0) is 13.6. The van der Waals surface area contributed by atoms with Crippen molar-refractivity contribution in [1.82, 2.24) is 5.32 Å². The Morgan fingerprint density at radius 2 is 2.16 bits per heavy atom. The quantitative estimate of drug-likeness (QED) is 0.796. The first-order valence-corrected chi connectivity index (χ1v) is 6.68. The summed E-state index contributed by atoms with van der Waals surface area (Å²) in [6.07, 6.45) is 2.70. The van der Waals surface area contributed by atoms with Crippen molar-refractivity contribution < 1.29 is 9.47 Å². The summed E-state index contributed by atoms with van der Waals surface area (Å²) in [4.78, 5) is 0. The molecule has 1 aliphatic rings.